The molecule has 0 aliphatic carbocycles. The van der Waals surface area contributed by atoms with Crippen LogP contribution in [0.25, 0.3) is 0 Å². The minimum absolute atomic E-state index is 0.0148. The summed E-state index contributed by atoms with van der Waals surface area (Å²) in [6.45, 7) is 4.21. The molecule has 0 bridgehead atoms. The van der Waals surface area contributed by atoms with E-state index in [9.17, 15) is 21.6 Å². The number of carbonyl (C=O) groups excluding carboxylic acids is 1. The van der Waals surface area contributed by atoms with Gasteiger partial charge in [-0.3, -0.25) is 14.5 Å². The number of amides is 1. The molecule has 0 saturated heterocycles. The van der Waals surface area contributed by atoms with Gasteiger partial charge in [-0.05, 0) is 56.2 Å². The Kier molecular flexibility index (Phi) is 7.32. The molecule has 1 amide bonds. The van der Waals surface area contributed by atoms with Crippen LogP contribution in [0.2, 0.25) is 0 Å². The molecule has 0 unspecified atom stereocenters. The number of benzene rings is 2. The summed E-state index contributed by atoms with van der Waals surface area (Å²) in [5, 5.41) is 2.62. The van der Waals surface area contributed by atoms with Gasteiger partial charge in [0.15, 0.2) is 0 Å². The number of carbonyl (C=O) groups is 1. The lowest BCUT2D eigenvalue weighted by Crippen LogP contribution is -2.32. The van der Waals surface area contributed by atoms with Gasteiger partial charge in [0.2, 0.25) is 10.0 Å². The molecule has 0 saturated carbocycles. The van der Waals surface area contributed by atoms with E-state index in [0.717, 1.165) is 6.42 Å². The molecule has 1 heterocycles. The molecular formula is C21H26N4O5S2. The standard InChI is InChI=1S/C21H26N4O5S2/c1-3-15(2)24-31(27,28)18-9-4-7-16(13-18)21(26)23-17-8-5-10-19(14-17)32(29,30)25-20-11-6-12-22-20/h4-5,7-10,13-15,24H,3,6,11-12H2,1-2H3,(H,22,25)(H,23,26)/t15-/m1/s1. The first-order valence-corrected chi connectivity index (χ1v) is 13.2. The van der Waals surface area contributed by atoms with Crippen molar-refractivity contribution in [1.29, 1.82) is 0 Å². The van der Waals surface area contributed by atoms with E-state index in [2.05, 4.69) is 19.8 Å². The largest absolute Gasteiger partial charge is 0.322 e. The maximum absolute atomic E-state index is 12.7. The molecule has 11 heteroatoms. The molecule has 3 rings (SSSR count). The van der Waals surface area contributed by atoms with Crippen molar-refractivity contribution >= 4 is 37.5 Å². The third kappa shape index (κ3) is 5.93. The summed E-state index contributed by atoms with van der Waals surface area (Å²) in [5.74, 6) is -0.142. The molecule has 1 aliphatic heterocycles. The van der Waals surface area contributed by atoms with Crippen LogP contribution in [0.3, 0.4) is 0 Å². The average Bonchev–Trinajstić information content (AvgIpc) is 3.26. The van der Waals surface area contributed by atoms with E-state index in [1.54, 1.807) is 13.0 Å². The summed E-state index contributed by atoms with van der Waals surface area (Å²) in [6, 6.07) is 11.2. The normalized spacial score (nSPS) is 15.1. The minimum atomic E-state index is -3.83. The Hall–Kier alpha value is -2.76. The Bertz CT molecular complexity index is 1240. The fourth-order valence-electron chi connectivity index (χ4n) is 3.00. The molecule has 3 N–H and O–H groups in total. The highest BCUT2D eigenvalue weighted by atomic mass is 32.2. The third-order valence-electron chi connectivity index (χ3n) is 4.90. The molecule has 2 aromatic carbocycles. The van der Waals surface area contributed by atoms with Crippen LogP contribution in [0.1, 0.15) is 43.5 Å². The summed E-state index contributed by atoms with van der Waals surface area (Å²) in [6.07, 6.45) is 2.00. The molecule has 0 radical (unpaired) electrons. The zero-order valence-electron chi connectivity index (χ0n) is 17.8. The number of hydrogen-bond acceptors (Lipinski definition) is 6. The van der Waals surface area contributed by atoms with Crippen molar-refractivity contribution in [2.45, 2.75) is 48.9 Å². The van der Waals surface area contributed by atoms with Crippen molar-refractivity contribution in [3.05, 3.63) is 54.1 Å². The van der Waals surface area contributed by atoms with E-state index in [0.29, 0.717) is 25.2 Å². The molecular weight excluding hydrogens is 452 g/mol. The first kappa shape index (κ1) is 23.9. The number of anilines is 1. The maximum atomic E-state index is 12.7. The lowest BCUT2D eigenvalue weighted by Gasteiger charge is -2.13. The van der Waals surface area contributed by atoms with Gasteiger partial charge in [-0.25, -0.2) is 21.6 Å². The van der Waals surface area contributed by atoms with Crippen molar-refractivity contribution in [2.75, 3.05) is 11.9 Å². The summed E-state index contributed by atoms with van der Waals surface area (Å²) in [7, 11) is -7.59. The van der Waals surface area contributed by atoms with Crippen LogP contribution in [0.4, 0.5) is 5.69 Å². The zero-order chi connectivity index (χ0) is 23.4. The molecule has 172 valence electrons. The molecule has 1 atom stereocenters. The SMILES string of the molecule is CC[C@@H](C)NS(=O)(=O)c1cccc(C(=O)Nc2cccc(S(=O)(=O)NC3=NCCC3)c2)c1. The molecule has 32 heavy (non-hydrogen) atoms. The van der Waals surface area contributed by atoms with Gasteiger partial charge in [0.25, 0.3) is 15.9 Å². The molecule has 0 spiro atoms. The van der Waals surface area contributed by atoms with Crippen LogP contribution in [0.5, 0.6) is 0 Å². The van der Waals surface area contributed by atoms with Crippen molar-refractivity contribution in [2.24, 2.45) is 4.99 Å². The highest BCUT2D eigenvalue weighted by Gasteiger charge is 2.20. The van der Waals surface area contributed by atoms with Crippen LogP contribution in [0.15, 0.2) is 63.3 Å². The number of sulfonamides is 2. The Balaban J connectivity index is 1.77. The van der Waals surface area contributed by atoms with Gasteiger partial charge in [-0.2, -0.15) is 0 Å². The van der Waals surface area contributed by atoms with Crippen LogP contribution < -0.4 is 14.8 Å². The number of nitrogens with zero attached hydrogens (tertiary/aromatic N) is 1. The van der Waals surface area contributed by atoms with Crippen LogP contribution in [-0.4, -0.2) is 41.2 Å². The number of nitrogens with one attached hydrogen (secondary N) is 3. The predicted octanol–water partition coefficient (Wildman–Crippen LogP) is 2.49. The van der Waals surface area contributed by atoms with Gasteiger partial charge < -0.3 is 5.32 Å². The molecule has 1 aliphatic rings. The molecule has 0 fully saturated rings. The summed E-state index contributed by atoms with van der Waals surface area (Å²) < 4.78 is 55.2. The van der Waals surface area contributed by atoms with Crippen molar-refractivity contribution in [1.82, 2.24) is 9.44 Å². The molecule has 0 aromatic heterocycles. The Morgan fingerprint density at radius 1 is 1.03 bits per heavy atom. The number of rotatable bonds is 8. The fraction of sp³-hybridized carbons (Fsp3) is 0.333. The smallest absolute Gasteiger partial charge is 0.262 e. The van der Waals surface area contributed by atoms with E-state index >= 15 is 0 Å². The number of amidine groups is 1. The van der Waals surface area contributed by atoms with E-state index in [4.69, 9.17) is 0 Å². The van der Waals surface area contributed by atoms with E-state index in [1.165, 1.54) is 42.5 Å². The predicted molar refractivity (Wildman–Crippen MR) is 123 cm³/mol. The van der Waals surface area contributed by atoms with Crippen LogP contribution in [-0.2, 0) is 20.0 Å². The number of hydrogen-bond donors (Lipinski definition) is 3. The topological polar surface area (TPSA) is 134 Å². The third-order valence-corrected chi connectivity index (χ3v) is 7.87. The van der Waals surface area contributed by atoms with E-state index in [-0.39, 0.29) is 27.1 Å². The first-order valence-electron chi connectivity index (χ1n) is 10.2. The Morgan fingerprint density at radius 2 is 1.72 bits per heavy atom. The average molecular weight is 479 g/mol. The fourth-order valence-corrected chi connectivity index (χ4v) is 5.51. The van der Waals surface area contributed by atoms with Gasteiger partial charge in [0.05, 0.1) is 9.79 Å². The molecule has 9 nitrogen and oxygen atoms in total. The second-order valence-corrected chi connectivity index (χ2v) is 10.9. The summed E-state index contributed by atoms with van der Waals surface area (Å²) in [5.41, 5.74) is 0.390. The van der Waals surface area contributed by atoms with E-state index in [1.807, 2.05) is 6.92 Å². The monoisotopic (exact) mass is 478 g/mol. The van der Waals surface area contributed by atoms with Crippen LogP contribution in [0, 0.1) is 0 Å². The zero-order valence-corrected chi connectivity index (χ0v) is 19.5. The Labute approximate surface area is 188 Å². The van der Waals surface area contributed by atoms with Gasteiger partial charge in [-0.1, -0.05) is 19.1 Å². The van der Waals surface area contributed by atoms with Crippen LogP contribution >= 0.6 is 0 Å². The first-order chi connectivity index (χ1) is 15.1. The van der Waals surface area contributed by atoms with Crippen molar-refractivity contribution in [3.8, 4) is 0 Å². The highest BCUT2D eigenvalue weighted by Crippen LogP contribution is 2.18. The van der Waals surface area contributed by atoms with Gasteiger partial charge in [-0.15, -0.1) is 0 Å². The lowest BCUT2D eigenvalue weighted by molar-refractivity contribution is 0.102. The lowest BCUT2D eigenvalue weighted by atomic mass is 10.2. The maximum Gasteiger partial charge on any atom is 0.262 e. The number of aliphatic imine (C=N–C) groups is 1. The van der Waals surface area contributed by atoms with Crippen molar-refractivity contribution in [3.63, 3.8) is 0 Å². The van der Waals surface area contributed by atoms with Gasteiger partial charge in [0.1, 0.15) is 5.84 Å². The van der Waals surface area contributed by atoms with E-state index < -0.39 is 26.0 Å². The second-order valence-electron chi connectivity index (χ2n) is 7.48. The highest BCUT2D eigenvalue weighted by molar-refractivity contribution is 7.90. The molecule has 2 aromatic rings. The minimum Gasteiger partial charge on any atom is -0.322 e. The van der Waals surface area contributed by atoms with Crippen molar-refractivity contribution < 1.29 is 21.6 Å². The summed E-state index contributed by atoms with van der Waals surface area (Å²) >= 11 is 0. The Morgan fingerprint density at radius 3 is 2.38 bits per heavy atom. The second kappa shape index (κ2) is 9.80. The summed E-state index contributed by atoms with van der Waals surface area (Å²) in [4.78, 5) is 16.8. The van der Waals surface area contributed by atoms with Gasteiger partial charge in [0, 0.05) is 30.3 Å². The van der Waals surface area contributed by atoms with Gasteiger partial charge >= 0.3 is 0 Å². The quantitative estimate of drug-likeness (QED) is 0.536.